The first-order valence-corrected chi connectivity index (χ1v) is 5.78. The zero-order chi connectivity index (χ0) is 9.26. The van der Waals surface area contributed by atoms with E-state index in [0.717, 1.165) is 16.4 Å². The minimum atomic E-state index is 0.0727. The maximum absolute atomic E-state index is 11.5. The summed E-state index contributed by atoms with van der Waals surface area (Å²) < 4.78 is 0.970. The molecule has 0 bridgehead atoms. The fraction of sp³-hybridized carbons (Fsp3) is 0.300. The van der Waals surface area contributed by atoms with Crippen LogP contribution in [0.25, 0.3) is 0 Å². The molecule has 2 rings (SSSR count). The number of hydrogen-bond acceptors (Lipinski definition) is 1. The Morgan fingerprint density at radius 3 is 3.00 bits per heavy atom. The number of nitrogens with one attached hydrogen (secondary N) is 1. The van der Waals surface area contributed by atoms with Crippen LogP contribution < -0.4 is 5.32 Å². The summed E-state index contributed by atoms with van der Waals surface area (Å²) in [7, 11) is 0. The van der Waals surface area contributed by atoms with Gasteiger partial charge in [0.05, 0.1) is 0 Å². The molecule has 3 heteroatoms. The third-order valence-corrected chi connectivity index (χ3v) is 3.31. The Labute approximate surface area is 90.9 Å². The van der Waals surface area contributed by atoms with Gasteiger partial charge in [-0.25, -0.2) is 0 Å². The van der Waals surface area contributed by atoms with Crippen molar-refractivity contribution in [3.8, 4) is 0 Å². The molecule has 1 aliphatic rings. The molecule has 68 valence electrons. The highest BCUT2D eigenvalue weighted by Crippen LogP contribution is 2.16. The molecular weight excluding hydrogens is 277 g/mol. The minimum absolute atomic E-state index is 0.0727. The van der Waals surface area contributed by atoms with Gasteiger partial charge in [0.1, 0.15) is 0 Å². The number of alkyl halides is 1. The summed E-state index contributed by atoms with van der Waals surface area (Å²) in [6, 6.07) is 8.12. The van der Waals surface area contributed by atoms with E-state index in [9.17, 15) is 4.79 Å². The second-order valence-electron chi connectivity index (χ2n) is 3.19. The van der Waals surface area contributed by atoms with Gasteiger partial charge < -0.3 is 5.32 Å². The highest BCUT2D eigenvalue weighted by Gasteiger charge is 2.22. The Kier molecular flexibility index (Phi) is 2.53. The van der Waals surface area contributed by atoms with Crippen LogP contribution in [-0.2, 0) is 6.42 Å². The quantitative estimate of drug-likeness (QED) is 0.619. The summed E-state index contributed by atoms with van der Waals surface area (Å²) in [5.41, 5.74) is 2.01. The first-order valence-electron chi connectivity index (χ1n) is 4.26. The summed E-state index contributed by atoms with van der Waals surface area (Å²) >= 11 is 2.30. The lowest BCUT2D eigenvalue weighted by atomic mass is 9.96. The van der Waals surface area contributed by atoms with E-state index in [2.05, 4.69) is 27.9 Å². The van der Waals surface area contributed by atoms with Crippen LogP contribution in [0.15, 0.2) is 24.3 Å². The SMILES string of the molecule is O=C1N[C@H](CI)Cc2ccccc21. The number of rotatable bonds is 1. The average Bonchev–Trinajstić information content (AvgIpc) is 2.18. The third kappa shape index (κ3) is 1.70. The standard InChI is InChI=1S/C10H10INO/c11-6-8-5-7-3-1-2-4-9(7)10(13)12-8/h1-4,8H,5-6H2,(H,12,13)/t8-/m0/s1. The first kappa shape index (κ1) is 8.99. The highest BCUT2D eigenvalue weighted by molar-refractivity contribution is 14.1. The van der Waals surface area contributed by atoms with Crippen LogP contribution in [0.1, 0.15) is 15.9 Å². The molecule has 0 radical (unpaired) electrons. The predicted molar refractivity (Wildman–Crippen MR) is 60.3 cm³/mol. The van der Waals surface area contributed by atoms with Crippen LogP contribution in [0.4, 0.5) is 0 Å². The molecule has 0 saturated heterocycles. The van der Waals surface area contributed by atoms with Gasteiger partial charge in [-0.3, -0.25) is 4.79 Å². The van der Waals surface area contributed by atoms with Crippen molar-refractivity contribution in [1.29, 1.82) is 0 Å². The van der Waals surface area contributed by atoms with E-state index < -0.39 is 0 Å². The van der Waals surface area contributed by atoms with Crippen molar-refractivity contribution in [3.05, 3.63) is 35.4 Å². The molecule has 0 aliphatic carbocycles. The van der Waals surface area contributed by atoms with E-state index in [0.29, 0.717) is 6.04 Å². The molecule has 0 fully saturated rings. The summed E-state index contributed by atoms with van der Waals surface area (Å²) in [6.07, 6.45) is 0.963. The van der Waals surface area contributed by atoms with E-state index in [1.165, 1.54) is 5.56 Å². The van der Waals surface area contributed by atoms with E-state index in [4.69, 9.17) is 0 Å². The van der Waals surface area contributed by atoms with E-state index in [1.807, 2.05) is 24.3 Å². The van der Waals surface area contributed by atoms with Gasteiger partial charge in [0.25, 0.3) is 5.91 Å². The van der Waals surface area contributed by atoms with Gasteiger partial charge in [0, 0.05) is 16.0 Å². The number of halogens is 1. The van der Waals surface area contributed by atoms with Gasteiger partial charge in [0.2, 0.25) is 0 Å². The lowest BCUT2D eigenvalue weighted by Gasteiger charge is -2.23. The predicted octanol–water partition coefficient (Wildman–Crippen LogP) is 1.78. The van der Waals surface area contributed by atoms with Gasteiger partial charge >= 0.3 is 0 Å². The van der Waals surface area contributed by atoms with Gasteiger partial charge in [-0.1, -0.05) is 40.8 Å². The molecule has 1 amide bonds. The fourth-order valence-electron chi connectivity index (χ4n) is 1.59. The van der Waals surface area contributed by atoms with Crippen molar-refractivity contribution in [2.24, 2.45) is 0 Å². The number of hydrogen-bond donors (Lipinski definition) is 1. The Morgan fingerprint density at radius 2 is 2.23 bits per heavy atom. The summed E-state index contributed by atoms with van der Waals surface area (Å²) in [5.74, 6) is 0.0727. The zero-order valence-corrected chi connectivity index (χ0v) is 9.24. The van der Waals surface area contributed by atoms with Crippen molar-refractivity contribution in [2.75, 3.05) is 4.43 Å². The molecule has 0 unspecified atom stereocenters. The Bertz CT molecular complexity index is 337. The fourth-order valence-corrected chi connectivity index (χ4v) is 2.12. The van der Waals surface area contributed by atoms with E-state index in [-0.39, 0.29) is 5.91 Å². The normalized spacial score (nSPS) is 20.7. The summed E-state index contributed by atoms with van der Waals surface area (Å²) in [6.45, 7) is 0. The molecular formula is C10H10INO. The second kappa shape index (κ2) is 3.65. The summed E-state index contributed by atoms with van der Waals surface area (Å²) in [4.78, 5) is 11.5. The number of carbonyl (C=O) groups is 1. The number of carbonyl (C=O) groups excluding carboxylic acids is 1. The molecule has 1 aromatic carbocycles. The van der Waals surface area contributed by atoms with Crippen LogP contribution in [0.2, 0.25) is 0 Å². The van der Waals surface area contributed by atoms with Crippen molar-refractivity contribution in [3.63, 3.8) is 0 Å². The van der Waals surface area contributed by atoms with Crippen molar-refractivity contribution >= 4 is 28.5 Å². The number of benzene rings is 1. The van der Waals surface area contributed by atoms with Crippen LogP contribution >= 0.6 is 22.6 Å². The molecule has 0 saturated carbocycles. The largest absolute Gasteiger partial charge is 0.348 e. The maximum atomic E-state index is 11.5. The van der Waals surface area contributed by atoms with E-state index >= 15 is 0 Å². The lowest BCUT2D eigenvalue weighted by Crippen LogP contribution is -2.42. The molecule has 13 heavy (non-hydrogen) atoms. The van der Waals surface area contributed by atoms with Gasteiger partial charge in [0.15, 0.2) is 0 Å². The third-order valence-electron chi connectivity index (χ3n) is 2.25. The highest BCUT2D eigenvalue weighted by atomic mass is 127. The topological polar surface area (TPSA) is 29.1 Å². The Hall–Kier alpha value is -0.580. The molecule has 1 atom stereocenters. The second-order valence-corrected chi connectivity index (χ2v) is 4.07. The monoisotopic (exact) mass is 287 g/mol. The summed E-state index contributed by atoms with van der Waals surface area (Å²) in [5, 5.41) is 2.98. The first-order chi connectivity index (χ1) is 6.31. The van der Waals surface area contributed by atoms with Crippen LogP contribution in [0, 0.1) is 0 Å². The number of amides is 1. The van der Waals surface area contributed by atoms with Crippen LogP contribution in [-0.4, -0.2) is 16.4 Å². The molecule has 1 N–H and O–H groups in total. The average molecular weight is 287 g/mol. The smallest absolute Gasteiger partial charge is 0.251 e. The molecule has 1 heterocycles. The minimum Gasteiger partial charge on any atom is -0.348 e. The molecule has 1 aliphatic heterocycles. The molecule has 2 nitrogen and oxygen atoms in total. The Balaban J connectivity index is 2.37. The van der Waals surface area contributed by atoms with Crippen molar-refractivity contribution in [1.82, 2.24) is 5.32 Å². The van der Waals surface area contributed by atoms with Gasteiger partial charge in [-0.15, -0.1) is 0 Å². The molecule has 0 spiro atoms. The van der Waals surface area contributed by atoms with Gasteiger partial charge in [-0.05, 0) is 18.1 Å². The van der Waals surface area contributed by atoms with Crippen molar-refractivity contribution in [2.45, 2.75) is 12.5 Å². The lowest BCUT2D eigenvalue weighted by molar-refractivity contribution is 0.0930. The molecule has 0 aromatic heterocycles. The van der Waals surface area contributed by atoms with Crippen molar-refractivity contribution < 1.29 is 4.79 Å². The van der Waals surface area contributed by atoms with Gasteiger partial charge in [-0.2, -0.15) is 0 Å². The zero-order valence-electron chi connectivity index (χ0n) is 7.09. The van der Waals surface area contributed by atoms with E-state index in [1.54, 1.807) is 0 Å². The Morgan fingerprint density at radius 1 is 1.46 bits per heavy atom. The van der Waals surface area contributed by atoms with Crippen LogP contribution in [0.3, 0.4) is 0 Å². The number of fused-ring (bicyclic) bond motifs is 1. The maximum Gasteiger partial charge on any atom is 0.251 e. The van der Waals surface area contributed by atoms with Crippen LogP contribution in [0.5, 0.6) is 0 Å². The molecule has 1 aromatic rings.